The molecular formula is C24H20FN3O3. The molecule has 0 saturated heterocycles. The van der Waals surface area contributed by atoms with Gasteiger partial charge in [-0.2, -0.15) is 10.4 Å². The Morgan fingerprint density at radius 2 is 1.87 bits per heavy atom. The van der Waals surface area contributed by atoms with Crippen molar-refractivity contribution in [2.75, 3.05) is 7.11 Å². The summed E-state index contributed by atoms with van der Waals surface area (Å²) in [6.45, 7) is 0.0571. The molecule has 3 rings (SSSR count). The first-order valence-corrected chi connectivity index (χ1v) is 9.44. The molecule has 0 aliphatic carbocycles. The van der Waals surface area contributed by atoms with Crippen LogP contribution >= 0.6 is 0 Å². The first kappa shape index (κ1) is 21.5. The van der Waals surface area contributed by atoms with Crippen LogP contribution < -0.4 is 14.9 Å². The van der Waals surface area contributed by atoms with Crippen molar-refractivity contribution in [2.45, 2.75) is 12.5 Å². The monoisotopic (exact) mass is 417 g/mol. The lowest BCUT2D eigenvalue weighted by Gasteiger charge is -2.12. The van der Waals surface area contributed by atoms with Gasteiger partial charge in [-0.3, -0.25) is 4.79 Å². The number of nitrogens with one attached hydrogen (secondary N) is 1. The van der Waals surface area contributed by atoms with Crippen molar-refractivity contribution in [3.63, 3.8) is 0 Å². The van der Waals surface area contributed by atoms with Crippen molar-refractivity contribution < 1.29 is 18.7 Å². The number of hydrazone groups is 1. The highest BCUT2D eigenvalue weighted by atomic mass is 19.1. The number of benzene rings is 3. The van der Waals surface area contributed by atoms with Crippen LogP contribution in [0.5, 0.6) is 11.5 Å². The molecule has 31 heavy (non-hydrogen) atoms. The zero-order valence-electron chi connectivity index (χ0n) is 16.8. The predicted octanol–water partition coefficient (Wildman–Crippen LogP) is 4.17. The molecule has 3 aromatic carbocycles. The average Bonchev–Trinajstić information content (AvgIpc) is 2.80. The molecule has 0 bridgehead atoms. The van der Waals surface area contributed by atoms with E-state index in [0.29, 0.717) is 28.2 Å². The van der Waals surface area contributed by atoms with E-state index < -0.39 is 11.8 Å². The second kappa shape index (κ2) is 10.6. The van der Waals surface area contributed by atoms with Gasteiger partial charge in [-0.05, 0) is 35.4 Å². The van der Waals surface area contributed by atoms with Crippen LogP contribution in [0.3, 0.4) is 0 Å². The number of methoxy groups -OCH3 is 1. The van der Waals surface area contributed by atoms with Crippen molar-refractivity contribution in [2.24, 2.45) is 5.10 Å². The van der Waals surface area contributed by atoms with Gasteiger partial charge in [-0.1, -0.05) is 48.5 Å². The van der Waals surface area contributed by atoms with Crippen molar-refractivity contribution in [1.29, 1.82) is 5.26 Å². The highest BCUT2D eigenvalue weighted by Gasteiger charge is 2.19. The van der Waals surface area contributed by atoms with Crippen LogP contribution in [0.25, 0.3) is 0 Å². The van der Waals surface area contributed by atoms with Gasteiger partial charge in [0.25, 0.3) is 5.91 Å². The first-order valence-electron chi connectivity index (χ1n) is 9.44. The van der Waals surface area contributed by atoms with E-state index in [0.717, 1.165) is 0 Å². The Morgan fingerprint density at radius 3 is 2.58 bits per heavy atom. The third-order valence-corrected chi connectivity index (χ3v) is 4.44. The van der Waals surface area contributed by atoms with E-state index in [9.17, 15) is 14.4 Å². The Morgan fingerprint density at radius 1 is 1.13 bits per heavy atom. The highest BCUT2D eigenvalue weighted by molar-refractivity contribution is 5.88. The first-order chi connectivity index (χ1) is 15.1. The molecule has 0 aliphatic heterocycles. The summed E-state index contributed by atoms with van der Waals surface area (Å²) in [5.41, 5.74) is 4.05. The molecule has 0 aromatic heterocycles. The number of hydrogen-bond acceptors (Lipinski definition) is 5. The maximum absolute atomic E-state index is 13.8. The average molecular weight is 417 g/mol. The van der Waals surface area contributed by atoms with Gasteiger partial charge in [0.1, 0.15) is 12.4 Å². The van der Waals surface area contributed by atoms with Gasteiger partial charge < -0.3 is 9.47 Å². The Kier molecular flexibility index (Phi) is 7.33. The van der Waals surface area contributed by atoms with Gasteiger partial charge in [-0.25, -0.2) is 9.82 Å². The van der Waals surface area contributed by atoms with E-state index in [-0.39, 0.29) is 12.4 Å². The number of hydrogen-bond donors (Lipinski definition) is 1. The molecule has 3 aromatic rings. The number of nitriles is 1. The van der Waals surface area contributed by atoms with Gasteiger partial charge in [0.15, 0.2) is 17.4 Å². The SMILES string of the molecule is COc1cc(/C=N\NC(=O)[C@H](C#N)c2ccccc2)ccc1OCc1ccccc1F. The molecule has 0 radical (unpaired) electrons. The predicted molar refractivity (Wildman–Crippen MR) is 114 cm³/mol. The summed E-state index contributed by atoms with van der Waals surface area (Å²) in [7, 11) is 1.49. The summed E-state index contributed by atoms with van der Waals surface area (Å²) in [5, 5.41) is 13.2. The summed E-state index contributed by atoms with van der Waals surface area (Å²) < 4.78 is 24.8. The van der Waals surface area contributed by atoms with E-state index >= 15 is 0 Å². The summed E-state index contributed by atoms with van der Waals surface area (Å²) in [6, 6.07) is 22.2. The summed E-state index contributed by atoms with van der Waals surface area (Å²) >= 11 is 0. The van der Waals surface area contributed by atoms with Crippen LogP contribution in [-0.4, -0.2) is 19.2 Å². The number of halogens is 1. The van der Waals surface area contributed by atoms with Crippen LogP contribution in [-0.2, 0) is 11.4 Å². The maximum atomic E-state index is 13.8. The summed E-state index contributed by atoms with van der Waals surface area (Å²) in [6.07, 6.45) is 1.43. The Hall–Kier alpha value is -4.18. The number of ether oxygens (including phenoxy) is 2. The number of carbonyl (C=O) groups is 1. The van der Waals surface area contributed by atoms with Crippen molar-refractivity contribution in [3.05, 3.63) is 95.3 Å². The van der Waals surface area contributed by atoms with Crippen molar-refractivity contribution in [1.82, 2.24) is 5.43 Å². The Labute approximate surface area is 179 Å². The third kappa shape index (κ3) is 5.67. The van der Waals surface area contributed by atoms with Crippen LogP contribution in [0.4, 0.5) is 4.39 Å². The molecular weight excluding hydrogens is 397 g/mol. The summed E-state index contributed by atoms with van der Waals surface area (Å²) in [4.78, 5) is 12.3. The molecule has 0 saturated carbocycles. The van der Waals surface area contributed by atoms with Crippen LogP contribution in [0.2, 0.25) is 0 Å². The topological polar surface area (TPSA) is 83.7 Å². The smallest absolute Gasteiger partial charge is 0.261 e. The normalized spacial score (nSPS) is 11.5. The molecule has 0 unspecified atom stereocenters. The van der Waals surface area contributed by atoms with Crippen LogP contribution in [0.1, 0.15) is 22.6 Å². The minimum absolute atomic E-state index is 0.0571. The molecule has 1 atom stereocenters. The lowest BCUT2D eigenvalue weighted by Crippen LogP contribution is -2.24. The van der Waals surface area contributed by atoms with Crippen molar-refractivity contribution in [3.8, 4) is 17.6 Å². The molecule has 0 heterocycles. The van der Waals surface area contributed by atoms with Crippen LogP contribution in [0, 0.1) is 17.1 Å². The Bertz CT molecular complexity index is 1110. The molecule has 1 amide bonds. The third-order valence-electron chi connectivity index (χ3n) is 4.44. The number of rotatable bonds is 8. The standard InChI is InChI=1S/C24H20FN3O3/c1-30-23-13-17(11-12-22(23)31-16-19-9-5-6-10-21(19)25)15-27-28-24(29)20(14-26)18-7-3-2-4-8-18/h2-13,15,20H,16H2,1H3,(H,28,29)/b27-15-/t20-/m1/s1. The van der Waals surface area contributed by atoms with E-state index in [4.69, 9.17) is 9.47 Å². The molecule has 7 heteroatoms. The van der Waals surface area contributed by atoms with Gasteiger partial charge in [-0.15, -0.1) is 0 Å². The quantitative estimate of drug-likeness (QED) is 0.440. The van der Waals surface area contributed by atoms with Gasteiger partial charge >= 0.3 is 0 Å². The number of carbonyl (C=O) groups excluding carboxylic acids is 1. The van der Waals surface area contributed by atoms with Gasteiger partial charge in [0.05, 0.1) is 19.4 Å². The largest absolute Gasteiger partial charge is 0.493 e. The number of amides is 1. The zero-order chi connectivity index (χ0) is 22.1. The van der Waals surface area contributed by atoms with E-state index in [1.54, 1.807) is 60.7 Å². The minimum atomic E-state index is -0.956. The molecule has 0 aliphatic rings. The maximum Gasteiger partial charge on any atom is 0.261 e. The number of nitrogens with zero attached hydrogens (tertiary/aromatic N) is 2. The lowest BCUT2D eigenvalue weighted by atomic mass is 10.0. The van der Waals surface area contributed by atoms with Crippen molar-refractivity contribution >= 4 is 12.1 Å². The highest BCUT2D eigenvalue weighted by Crippen LogP contribution is 2.28. The molecule has 156 valence electrons. The fourth-order valence-electron chi connectivity index (χ4n) is 2.82. The molecule has 6 nitrogen and oxygen atoms in total. The van der Waals surface area contributed by atoms with E-state index in [2.05, 4.69) is 10.5 Å². The van der Waals surface area contributed by atoms with E-state index in [1.807, 2.05) is 12.1 Å². The molecule has 0 fully saturated rings. The second-order valence-electron chi connectivity index (χ2n) is 6.50. The molecule has 0 spiro atoms. The molecule has 1 N–H and O–H groups in total. The second-order valence-corrected chi connectivity index (χ2v) is 6.50. The minimum Gasteiger partial charge on any atom is -0.493 e. The lowest BCUT2D eigenvalue weighted by molar-refractivity contribution is -0.121. The Balaban J connectivity index is 1.64. The van der Waals surface area contributed by atoms with Gasteiger partial charge in [0, 0.05) is 5.56 Å². The fourth-order valence-corrected chi connectivity index (χ4v) is 2.82. The van der Waals surface area contributed by atoms with Crippen LogP contribution in [0.15, 0.2) is 77.9 Å². The zero-order valence-corrected chi connectivity index (χ0v) is 16.8. The fraction of sp³-hybridized carbons (Fsp3) is 0.125. The van der Waals surface area contributed by atoms with Gasteiger partial charge in [0.2, 0.25) is 0 Å². The summed E-state index contributed by atoms with van der Waals surface area (Å²) in [5.74, 6) is -0.942. The van der Waals surface area contributed by atoms with E-state index in [1.165, 1.54) is 19.4 Å².